The summed E-state index contributed by atoms with van der Waals surface area (Å²) in [7, 11) is -3.00. The zero-order valence-electron chi connectivity index (χ0n) is 9.70. The zero-order chi connectivity index (χ0) is 14.7. The van der Waals surface area contributed by atoms with Gasteiger partial charge in [-0.25, -0.2) is 26.9 Å². The van der Waals surface area contributed by atoms with Gasteiger partial charge in [-0.1, -0.05) is 0 Å². The van der Waals surface area contributed by atoms with E-state index < -0.39 is 33.9 Å². The van der Waals surface area contributed by atoms with Gasteiger partial charge < -0.3 is 5.32 Å². The molecule has 0 unspecified atom stereocenters. The molecule has 0 saturated heterocycles. The first-order chi connectivity index (χ1) is 8.70. The van der Waals surface area contributed by atoms with Crippen molar-refractivity contribution in [3.05, 3.63) is 18.3 Å². The third kappa shape index (κ3) is 3.77. The van der Waals surface area contributed by atoms with E-state index in [1.165, 1.54) is 23.9 Å². The topological polar surface area (TPSA) is 71.1 Å². The van der Waals surface area contributed by atoms with Crippen LogP contribution >= 0.6 is 0 Å². The van der Waals surface area contributed by atoms with Crippen molar-refractivity contribution in [2.24, 2.45) is 0 Å². The van der Waals surface area contributed by atoms with Crippen molar-refractivity contribution in [2.45, 2.75) is 17.4 Å². The van der Waals surface area contributed by atoms with Crippen molar-refractivity contribution in [1.29, 1.82) is 0 Å². The molecule has 1 rings (SSSR count). The average Bonchev–Trinajstić information content (AvgIpc) is 2.36. The Labute approximate surface area is 107 Å². The van der Waals surface area contributed by atoms with Gasteiger partial charge in [0.1, 0.15) is 0 Å². The second-order valence-electron chi connectivity index (χ2n) is 3.49. The molecule has 0 aliphatic carbocycles. The molecular weight excluding hydrogens is 290 g/mol. The maximum Gasteiger partial charge on any atom is 0.320 e. The molecule has 0 saturated carbocycles. The van der Waals surface area contributed by atoms with Gasteiger partial charge in [0, 0.05) is 13.2 Å². The SMILES string of the molecule is CNc1cccnc1S(=O)(=O)NCC(F)(F)C(F)F. The van der Waals surface area contributed by atoms with Crippen LogP contribution in [0, 0.1) is 0 Å². The Hall–Kier alpha value is -1.42. The highest BCUT2D eigenvalue weighted by Crippen LogP contribution is 2.23. The van der Waals surface area contributed by atoms with E-state index in [1.807, 2.05) is 0 Å². The first-order valence-corrected chi connectivity index (χ1v) is 6.47. The number of alkyl halides is 4. The highest BCUT2D eigenvalue weighted by molar-refractivity contribution is 7.89. The number of hydrogen-bond donors (Lipinski definition) is 2. The minimum atomic E-state index is -4.44. The van der Waals surface area contributed by atoms with E-state index in [2.05, 4.69) is 10.3 Å². The zero-order valence-corrected chi connectivity index (χ0v) is 10.5. The molecule has 0 radical (unpaired) electrons. The third-order valence-corrected chi connectivity index (χ3v) is 3.47. The molecule has 0 atom stereocenters. The third-order valence-electron chi connectivity index (χ3n) is 2.11. The van der Waals surface area contributed by atoms with Crippen LogP contribution in [-0.2, 0) is 10.0 Å². The van der Waals surface area contributed by atoms with Crippen LogP contribution in [0.2, 0.25) is 0 Å². The summed E-state index contributed by atoms with van der Waals surface area (Å²) < 4.78 is 74.0. The normalized spacial score (nSPS) is 12.7. The number of nitrogens with zero attached hydrogens (tertiary/aromatic N) is 1. The lowest BCUT2D eigenvalue weighted by Crippen LogP contribution is -2.41. The Morgan fingerprint density at radius 1 is 1.42 bits per heavy atom. The first kappa shape index (κ1) is 15.6. The number of aromatic nitrogens is 1. The molecule has 0 amide bonds. The molecule has 1 aromatic rings. The van der Waals surface area contributed by atoms with Gasteiger partial charge in [0.2, 0.25) is 0 Å². The maximum atomic E-state index is 12.7. The molecule has 0 fully saturated rings. The molecule has 1 heterocycles. The molecule has 1 aromatic heterocycles. The lowest BCUT2D eigenvalue weighted by Gasteiger charge is -2.16. The fourth-order valence-electron chi connectivity index (χ4n) is 1.13. The minimum absolute atomic E-state index is 0.0652. The van der Waals surface area contributed by atoms with Crippen molar-refractivity contribution >= 4 is 15.7 Å². The highest BCUT2D eigenvalue weighted by Gasteiger charge is 2.41. The summed E-state index contributed by atoms with van der Waals surface area (Å²) >= 11 is 0. The number of hydrogen-bond acceptors (Lipinski definition) is 4. The second kappa shape index (κ2) is 5.70. The van der Waals surface area contributed by atoms with Crippen LogP contribution in [0.1, 0.15) is 0 Å². The van der Waals surface area contributed by atoms with Crippen LogP contribution in [0.5, 0.6) is 0 Å². The number of rotatable bonds is 6. The predicted octanol–water partition coefficient (Wildman–Crippen LogP) is 1.30. The summed E-state index contributed by atoms with van der Waals surface area (Å²) in [6, 6.07) is 2.78. The molecule has 108 valence electrons. The lowest BCUT2D eigenvalue weighted by molar-refractivity contribution is -0.122. The largest absolute Gasteiger partial charge is 0.386 e. The summed E-state index contributed by atoms with van der Waals surface area (Å²) in [5.41, 5.74) is 0.0652. The van der Waals surface area contributed by atoms with Crippen molar-refractivity contribution in [3.8, 4) is 0 Å². The van der Waals surface area contributed by atoms with Gasteiger partial charge in [-0.15, -0.1) is 0 Å². The van der Waals surface area contributed by atoms with E-state index in [-0.39, 0.29) is 5.69 Å². The van der Waals surface area contributed by atoms with E-state index in [1.54, 1.807) is 0 Å². The molecule has 10 heteroatoms. The molecule has 0 spiro atoms. The van der Waals surface area contributed by atoms with E-state index in [9.17, 15) is 26.0 Å². The standard InChI is InChI=1S/C9H11F4N3O2S/c1-14-6-3-2-4-15-7(6)19(17,18)16-5-9(12,13)8(10)11/h2-4,8,14,16H,5H2,1H3. The Balaban J connectivity index is 2.94. The van der Waals surface area contributed by atoms with E-state index in [4.69, 9.17) is 0 Å². The number of sulfonamides is 1. The summed E-state index contributed by atoms with van der Waals surface area (Å²) in [5, 5.41) is 1.96. The molecule has 2 N–H and O–H groups in total. The monoisotopic (exact) mass is 301 g/mol. The molecule has 5 nitrogen and oxygen atoms in total. The lowest BCUT2D eigenvalue weighted by atomic mass is 10.4. The summed E-state index contributed by atoms with van der Waals surface area (Å²) in [6.07, 6.45) is -2.82. The first-order valence-electron chi connectivity index (χ1n) is 4.99. The average molecular weight is 301 g/mol. The highest BCUT2D eigenvalue weighted by atomic mass is 32.2. The van der Waals surface area contributed by atoms with E-state index in [0.29, 0.717) is 0 Å². The number of anilines is 1. The molecular formula is C9H11F4N3O2S. The van der Waals surface area contributed by atoms with Crippen molar-refractivity contribution < 1.29 is 26.0 Å². The Morgan fingerprint density at radius 2 is 2.05 bits per heavy atom. The fourth-order valence-corrected chi connectivity index (χ4v) is 2.31. The van der Waals surface area contributed by atoms with Gasteiger partial charge >= 0.3 is 12.3 Å². The number of pyridine rings is 1. The van der Waals surface area contributed by atoms with Crippen LogP contribution < -0.4 is 10.0 Å². The maximum absolute atomic E-state index is 12.7. The number of halogens is 4. The van der Waals surface area contributed by atoms with Crippen LogP contribution in [0.25, 0.3) is 0 Å². The van der Waals surface area contributed by atoms with Gasteiger partial charge in [-0.05, 0) is 12.1 Å². The summed E-state index contributed by atoms with van der Waals surface area (Å²) in [4.78, 5) is 3.52. The van der Waals surface area contributed by atoms with Gasteiger partial charge in [-0.3, -0.25) is 0 Å². The Bertz CT molecular complexity index is 536. The summed E-state index contributed by atoms with van der Waals surface area (Å²) in [6.45, 7) is -1.70. The molecule has 19 heavy (non-hydrogen) atoms. The fraction of sp³-hybridized carbons (Fsp3) is 0.444. The Morgan fingerprint density at radius 3 is 2.58 bits per heavy atom. The molecule has 0 aliphatic heterocycles. The molecule has 0 aliphatic rings. The molecule has 0 bridgehead atoms. The second-order valence-corrected chi connectivity index (χ2v) is 5.17. The Kier molecular flexibility index (Phi) is 4.69. The predicted molar refractivity (Wildman–Crippen MR) is 59.9 cm³/mol. The number of nitrogens with one attached hydrogen (secondary N) is 2. The minimum Gasteiger partial charge on any atom is -0.386 e. The van der Waals surface area contributed by atoms with Crippen molar-refractivity contribution in [3.63, 3.8) is 0 Å². The van der Waals surface area contributed by atoms with E-state index in [0.717, 1.165) is 6.20 Å². The van der Waals surface area contributed by atoms with Crippen LogP contribution in [0.15, 0.2) is 23.4 Å². The van der Waals surface area contributed by atoms with Crippen molar-refractivity contribution in [1.82, 2.24) is 9.71 Å². The van der Waals surface area contributed by atoms with Gasteiger partial charge in [0.05, 0.1) is 12.2 Å². The van der Waals surface area contributed by atoms with Crippen molar-refractivity contribution in [2.75, 3.05) is 18.9 Å². The smallest absolute Gasteiger partial charge is 0.320 e. The van der Waals surface area contributed by atoms with E-state index >= 15 is 0 Å². The summed E-state index contributed by atoms with van der Waals surface area (Å²) in [5.74, 6) is -4.44. The van der Waals surface area contributed by atoms with Crippen LogP contribution in [0.4, 0.5) is 23.2 Å². The van der Waals surface area contributed by atoms with Gasteiger partial charge in [0.25, 0.3) is 10.0 Å². The van der Waals surface area contributed by atoms with Crippen LogP contribution in [-0.4, -0.2) is 39.3 Å². The molecule has 0 aromatic carbocycles. The van der Waals surface area contributed by atoms with Gasteiger partial charge in [-0.2, -0.15) is 8.78 Å². The van der Waals surface area contributed by atoms with Crippen LogP contribution in [0.3, 0.4) is 0 Å². The quantitative estimate of drug-likeness (QED) is 0.777. The van der Waals surface area contributed by atoms with Gasteiger partial charge in [0.15, 0.2) is 5.03 Å².